The number of hydrogen-bond acceptors (Lipinski definition) is 6. The summed E-state index contributed by atoms with van der Waals surface area (Å²) in [5.41, 5.74) is 2.01. The molecule has 0 bridgehead atoms. The normalized spacial score (nSPS) is 12.0. The first-order chi connectivity index (χ1) is 10.5. The number of thioether (sulfide) groups is 1. The highest BCUT2D eigenvalue weighted by Crippen LogP contribution is 2.35. The van der Waals surface area contributed by atoms with Gasteiger partial charge in [0.05, 0.1) is 17.0 Å². The van der Waals surface area contributed by atoms with Crippen molar-refractivity contribution >= 4 is 34.8 Å². The van der Waals surface area contributed by atoms with Crippen molar-refractivity contribution < 1.29 is 14.6 Å². The van der Waals surface area contributed by atoms with Crippen molar-refractivity contribution in [2.75, 3.05) is 18.7 Å². The van der Waals surface area contributed by atoms with Crippen LogP contribution in [0.15, 0.2) is 34.5 Å². The maximum atomic E-state index is 11.6. The number of carbonyl (C=O) groups is 1. The Morgan fingerprint density at radius 2 is 2.23 bits per heavy atom. The molecule has 2 aromatic rings. The van der Waals surface area contributed by atoms with Crippen LogP contribution < -0.4 is 5.32 Å². The van der Waals surface area contributed by atoms with Crippen LogP contribution in [0.25, 0.3) is 0 Å². The molecule has 0 amide bonds. The number of benzene rings is 1. The molecule has 0 aliphatic rings. The third-order valence-corrected chi connectivity index (χ3v) is 5.37. The molecule has 6 heteroatoms. The Balaban J connectivity index is 2.09. The summed E-state index contributed by atoms with van der Waals surface area (Å²) in [6, 6.07) is 9.26. The zero-order valence-electron chi connectivity index (χ0n) is 12.8. The first-order valence-electron chi connectivity index (χ1n) is 6.84. The number of nitrogens with one attached hydrogen (secondary N) is 1. The van der Waals surface area contributed by atoms with E-state index in [1.54, 1.807) is 23.9 Å². The Morgan fingerprint density at radius 1 is 1.45 bits per heavy atom. The third-order valence-electron chi connectivity index (χ3n) is 3.12. The van der Waals surface area contributed by atoms with E-state index >= 15 is 0 Å². The van der Waals surface area contributed by atoms with E-state index < -0.39 is 0 Å². The van der Waals surface area contributed by atoms with Crippen molar-refractivity contribution in [3.8, 4) is 5.75 Å². The molecular formula is C16H19NO3S2. The summed E-state index contributed by atoms with van der Waals surface area (Å²) in [5.74, 6) is -0.0352. The van der Waals surface area contributed by atoms with Crippen LogP contribution in [0.2, 0.25) is 0 Å². The number of aromatic hydroxyl groups is 1. The molecule has 0 fully saturated rings. The van der Waals surface area contributed by atoms with E-state index in [2.05, 4.69) is 12.2 Å². The average molecular weight is 337 g/mol. The van der Waals surface area contributed by atoms with Crippen molar-refractivity contribution in [3.63, 3.8) is 0 Å². The SMILES string of the molecule is COC(=O)c1cc(NC(C)Cc2cccc(O)c2)c(SC)s1. The molecule has 1 heterocycles. The summed E-state index contributed by atoms with van der Waals surface area (Å²) in [5, 5.41) is 12.9. The lowest BCUT2D eigenvalue weighted by atomic mass is 10.1. The van der Waals surface area contributed by atoms with Gasteiger partial charge in [-0.05, 0) is 43.4 Å². The monoisotopic (exact) mass is 337 g/mol. The summed E-state index contributed by atoms with van der Waals surface area (Å²) < 4.78 is 5.83. The molecule has 4 nitrogen and oxygen atoms in total. The average Bonchev–Trinajstić information content (AvgIpc) is 2.89. The number of rotatable bonds is 6. The number of thiophene rings is 1. The van der Waals surface area contributed by atoms with Crippen molar-refractivity contribution in [1.29, 1.82) is 0 Å². The summed E-state index contributed by atoms with van der Waals surface area (Å²) in [4.78, 5) is 12.2. The second-order valence-corrected chi connectivity index (χ2v) is 7.05. The lowest BCUT2D eigenvalue weighted by Crippen LogP contribution is -2.18. The Hall–Kier alpha value is -1.66. The molecule has 1 aromatic carbocycles. The molecule has 0 spiro atoms. The standard InChI is InChI=1S/C16H19NO3S2/c1-10(7-11-5-4-6-12(18)8-11)17-13-9-14(15(19)20-2)22-16(13)21-3/h4-6,8-10,17-18H,7H2,1-3H3. The highest BCUT2D eigenvalue weighted by Gasteiger charge is 2.16. The molecule has 0 radical (unpaired) electrons. The number of phenolic OH excluding ortho intramolecular Hbond substituents is 1. The van der Waals surface area contributed by atoms with Gasteiger partial charge in [0.1, 0.15) is 10.6 Å². The van der Waals surface area contributed by atoms with Crippen molar-refractivity contribution in [3.05, 3.63) is 40.8 Å². The summed E-state index contributed by atoms with van der Waals surface area (Å²) >= 11 is 3.03. The van der Waals surface area contributed by atoms with Gasteiger partial charge in [0.2, 0.25) is 0 Å². The Bertz CT molecular complexity index is 655. The van der Waals surface area contributed by atoms with Crippen LogP contribution in [-0.2, 0) is 11.2 Å². The predicted octanol–water partition coefficient (Wildman–Crippen LogP) is 4.01. The van der Waals surface area contributed by atoms with Gasteiger partial charge in [0.25, 0.3) is 0 Å². The second kappa shape index (κ2) is 7.56. The van der Waals surface area contributed by atoms with Crippen LogP contribution in [0.3, 0.4) is 0 Å². The fourth-order valence-corrected chi connectivity index (χ4v) is 3.89. The zero-order chi connectivity index (χ0) is 16.1. The van der Waals surface area contributed by atoms with Gasteiger partial charge in [-0.3, -0.25) is 0 Å². The number of hydrogen-bond donors (Lipinski definition) is 2. The van der Waals surface area contributed by atoms with Gasteiger partial charge in [-0.2, -0.15) is 0 Å². The van der Waals surface area contributed by atoms with Gasteiger partial charge < -0.3 is 15.2 Å². The molecule has 118 valence electrons. The number of methoxy groups -OCH3 is 1. The summed E-state index contributed by atoms with van der Waals surface area (Å²) in [6.07, 6.45) is 2.77. The van der Waals surface area contributed by atoms with E-state index in [0.717, 1.165) is 21.9 Å². The fraction of sp³-hybridized carbons (Fsp3) is 0.312. The largest absolute Gasteiger partial charge is 0.508 e. The van der Waals surface area contributed by atoms with Gasteiger partial charge in [-0.25, -0.2) is 4.79 Å². The van der Waals surface area contributed by atoms with Crippen LogP contribution in [-0.4, -0.2) is 30.5 Å². The van der Waals surface area contributed by atoms with Crippen LogP contribution in [0.1, 0.15) is 22.2 Å². The van der Waals surface area contributed by atoms with Crippen molar-refractivity contribution in [1.82, 2.24) is 0 Å². The molecule has 2 N–H and O–H groups in total. The van der Waals surface area contributed by atoms with Crippen LogP contribution in [0, 0.1) is 0 Å². The minimum atomic E-state index is -0.311. The number of carbonyl (C=O) groups excluding carboxylic acids is 1. The van der Waals surface area contributed by atoms with E-state index in [1.807, 2.05) is 24.5 Å². The van der Waals surface area contributed by atoms with E-state index in [-0.39, 0.29) is 17.8 Å². The Labute approximate surface area is 138 Å². The van der Waals surface area contributed by atoms with E-state index in [0.29, 0.717) is 4.88 Å². The first kappa shape index (κ1) is 16.7. The van der Waals surface area contributed by atoms with Gasteiger partial charge >= 0.3 is 5.97 Å². The maximum absolute atomic E-state index is 11.6. The van der Waals surface area contributed by atoms with Crippen molar-refractivity contribution in [2.45, 2.75) is 23.6 Å². The quantitative estimate of drug-likeness (QED) is 0.616. The molecule has 1 aromatic heterocycles. The lowest BCUT2D eigenvalue weighted by molar-refractivity contribution is 0.0606. The minimum Gasteiger partial charge on any atom is -0.508 e. The van der Waals surface area contributed by atoms with Crippen LogP contribution >= 0.6 is 23.1 Å². The number of esters is 1. The van der Waals surface area contributed by atoms with Gasteiger partial charge in [0, 0.05) is 6.04 Å². The smallest absolute Gasteiger partial charge is 0.348 e. The first-order valence-corrected chi connectivity index (χ1v) is 8.88. The molecule has 2 rings (SSSR count). The molecule has 1 unspecified atom stereocenters. The third kappa shape index (κ3) is 4.18. The fourth-order valence-electron chi connectivity index (χ4n) is 2.18. The molecule has 0 saturated heterocycles. The van der Waals surface area contributed by atoms with Gasteiger partial charge in [-0.1, -0.05) is 12.1 Å². The number of anilines is 1. The minimum absolute atomic E-state index is 0.174. The molecule has 0 aliphatic heterocycles. The van der Waals surface area contributed by atoms with Gasteiger partial charge in [0.15, 0.2) is 0 Å². The Kier molecular flexibility index (Phi) is 5.74. The molecule has 0 saturated carbocycles. The summed E-state index contributed by atoms with van der Waals surface area (Å²) in [7, 11) is 1.39. The number of phenols is 1. The molecular weight excluding hydrogens is 318 g/mol. The molecule has 0 aliphatic carbocycles. The Morgan fingerprint density at radius 3 is 2.86 bits per heavy atom. The van der Waals surface area contributed by atoms with E-state index in [1.165, 1.54) is 18.4 Å². The summed E-state index contributed by atoms with van der Waals surface area (Å²) in [6.45, 7) is 2.07. The second-order valence-electron chi connectivity index (χ2n) is 4.93. The maximum Gasteiger partial charge on any atom is 0.348 e. The zero-order valence-corrected chi connectivity index (χ0v) is 14.4. The lowest BCUT2D eigenvalue weighted by Gasteiger charge is -2.15. The molecule has 1 atom stereocenters. The van der Waals surface area contributed by atoms with Gasteiger partial charge in [-0.15, -0.1) is 23.1 Å². The number of ether oxygens (including phenoxy) is 1. The van der Waals surface area contributed by atoms with E-state index in [9.17, 15) is 9.90 Å². The van der Waals surface area contributed by atoms with E-state index in [4.69, 9.17) is 4.74 Å². The highest BCUT2D eigenvalue weighted by molar-refractivity contribution is 8.00. The topological polar surface area (TPSA) is 58.6 Å². The van der Waals surface area contributed by atoms with Crippen LogP contribution in [0.5, 0.6) is 5.75 Å². The molecule has 22 heavy (non-hydrogen) atoms. The van der Waals surface area contributed by atoms with Crippen molar-refractivity contribution in [2.24, 2.45) is 0 Å². The highest BCUT2D eigenvalue weighted by atomic mass is 32.2. The van der Waals surface area contributed by atoms with Crippen LogP contribution in [0.4, 0.5) is 5.69 Å². The predicted molar refractivity (Wildman–Crippen MR) is 92.3 cm³/mol.